The summed E-state index contributed by atoms with van der Waals surface area (Å²) < 4.78 is 14.6. The van der Waals surface area contributed by atoms with Crippen LogP contribution in [-0.2, 0) is 6.54 Å². The zero-order valence-electron chi connectivity index (χ0n) is 15.1. The SMILES string of the molecule is Cc1cccc(F)c1N1Cc2cnc(Cl)nc2N([C@H]2CCCCNC2)C1=O. The number of carbonyl (C=O) groups excluding carboxylic acids is 1. The van der Waals surface area contributed by atoms with Crippen molar-refractivity contribution < 1.29 is 9.18 Å². The summed E-state index contributed by atoms with van der Waals surface area (Å²) in [6.45, 7) is 3.60. The monoisotopic (exact) mass is 389 g/mol. The van der Waals surface area contributed by atoms with Crippen molar-refractivity contribution in [3.8, 4) is 0 Å². The molecule has 0 unspecified atom stereocenters. The van der Waals surface area contributed by atoms with Crippen LogP contribution in [0.25, 0.3) is 0 Å². The number of aromatic nitrogens is 2. The predicted molar refractivity (Wildman–Crippen MR) is 103 cm³/mol. The van der Waals surface area contributed by atoms with E-state index in [2.05, 4.69) is 15.3 Å². The van der Waals surface area contributed by atoms with Crippen molar-refractivity contribution in [1.29, 1.82) is 0 Å². The molecule has 0 aliphatic carbocycles. The van der Waals surface area contributed by atoms with Crippen LogP contribution in [0.5, 0.6) is 0 Å². The van der Waals surface area contributed by atoms with Crippen LogP contribution >= 0.6 is 11.6 Å². The Morgan fingerprint density at radius 1 is 1.33 bits per heavy atom. The summed E-state index contributed by atoms with van der Waals surface area (Å²) in [6.07, 6.45) is 4.54. The maximum atomic E-state index is 14.6. The van der Waals surface area contributed by atoms with Crippen molar-refractivity contribution >= 4 is 29.1 Å². The number of hydrogen-bond donors (Lipinski definition) is 1. The molecule has 2 aliphatic heterocycles. The number of hydrogen-bond acceptors (Lipinski definition) is 4. The lowest BCUT2D eigenvalue weighted by Crippen LogP contribution is -2.55. The molecule has 1 aromatic carbocycles. The van der Waals surface area contributed by atoms with Crippen LogP contribution in [0.15, 0.2) is 24.4 Å². The van der Waals surface area contributed by atoms with Crippen molar-refractivity contribution in [2.75, 3.05) is 22.9 Å². The first kappa shape index (κ1) is 18.1. The van der Waals surface area contributed by atoms with E-state index in [1.807, 2.05) is 0 Å². The topological polar surface area (TPSA) is 61.4 Å². The van der Waals surface area contributed by atoms with E-state index >= 15 is 0 Å². The summed E-state index contributed by atoms with van der Waals surface area (Å²) in [7, 11) is 0. The summed E-state index contributed by atoms with van der Waals surface area (Å²) in [5, 5.41) is 3.48. The van der Waals surface area contributed by atoms with Gasteiger partial charge in [0.2, 0.25) is 5.28 Å². The van der Waals surface area contributed by atoms with Gasteiger partial charge in [-0.1, -0.05) is 18.6 Å². The average Bonchev–Trinajstić information content (AvgIpc) is 2.91. The van der Waals surface area contributed by atoms with Gasteiger partial charge in [-0.25, -0.2) is 14.2 Å². The zero-order valence-corrected chi connectivity index (χ0v) is 15.8. The van der Waals surface area contributed by atoms with E-state index in [1.165, 1.54) is 11.0 Å². The van der Waals surface area contributed by atoms with E-state index in [-0.39, 0.29) is 23.9 Å². The summed E-state index contributed by atoms with van der Waals surface area (Å²) in [5.74, 6) is 0.111. The molecule has 0 radical (unpaired) electrons. The van der Waals surface area contributed by atoms with Crippen LogP contribution in [0, 0.1) is 12.7 Å². The van der Waals surface area contributed by atoms with Gasteiger partial charge in [0.25, 0.3) is 0 Å². The molecule has 0 saturated carbocycles. The molecule has 1 fully saturated rings. The summed E-state index contributed by atoms with van der Waals surface area (Å²) in [6, 6.07) is 4.48. The van der Waals surface area contributed by atoms with Crippen LogP contribution < -0.4 is 15.1 Å². The van der Waals surface area contributed by atoms with Gasteiger partial charge in [0.15, 0.2) is 0 Å². The molecular formula is C19H21ClFN5O. The van der Waals surface area contributed by atoms with Crippen molar-refractivity contribution in [3.63, 3.8) is 0 Å². The van der Waals surface area contributed by atoms with E-state index in [0.29, 0.717) is 23.6 Å². The highest BCUT2D eigenvalue weighted by atomic mass is 35.5. The van der Waals surface area contributed by atoms with Gasteiger partial charge in [-0.05, 0) is 49.5 Å². The molecule has 2 aromatic rings. The number of amides is 2. The summed E-state index contributed by atoms with van der Waals surface area (Å²) in [5.41, 5.74) is 1.77. The van der Waals surface area contributed by atoms with E-state index in [9.17, 15) is 9.18 Å². The van der Waals surface area contributed by atoms with Gasteiger partial charge in [0, 0.05) is 18.3 Å². The van der Waals surface area contributed by atoms with Gasteiger partial charge in [-0.3, -0.25) is 9.80 Å². The van der Waals surface area contributed by atoms with Gasteiger partial charge < -0.3 is 5.32 Å². The van der Waals surface area contributed by atoms with Crippen molar-refractivity contribution in [2.24, 2.45) is 0 Å². The lowest BCUT2D eigenvalue weighted by molar-refractivity contribution is 0.246. The molecule has 3 heterocycles. The third kappa shape index (κ3) is 3.37. The zero-order chi connectivity index (χ0) is 19.0. The maximum Gasteiger partial charge on any atom is 0.330 e. The van der Waals surface area contributed by atoms with Crippen molar-refractivity contribution in [3.05, 3.63) is 46.6 Å². The first-order valence-electron chi connectivity index (χ1n) is 9.14. The fraction of sp³-hybridized carbons (Fsp3) is 0.421. The second-order valence-corrected chi connectivity index (χ2v) is 7.32. The van der Waals surface area contributed by atoms with Crippen molar-refractivity contribution in [1.82, 2.24) is 15.3 Å². The molecule has 0 spiro atoms. The Morgan fingerprint density at radius 3 is 3.00 bits per heavy atom. The highest BCUT2D eigenvalue weighted by Crippen LogP contribution is 2.35. The van der Waals surface area contributed by atoms with Crippen LogP contribution in [0.2, 0.25) is 5.28 Å². The first-order chi connectivity index (χ1) is 13.1. The molecule has 27 heavy (non-hydrogen) atoms. The molecule has 6 nitrogen and oxygen atoms in total. The van der Waals surface area contributed by atoms with Crippen LogP contribution in [0.1, 0.15) is 30.4 Å². The third-order valence-corrected chi connectivity index (χ3v) is 5.33. The molecule has 0 bridgehead atoms. The number of para-hydroxylation sites is 1. The van der Waals surface area contributed by atoms with Crippen molar-refractivity contribution in [2.45, 2.75) is 38.8 Å². The highest BCUT2D eigenvalue weighted by molar-refractivity contribution is 6.28. The number of halogens is 2. The highest BCUT2D eigenvalue weighted by Gasteiger charge is 2.38. The van der Waals surface area contributed by atoms with Gasteiger partial charge in [-0.15, -0.1) is 0 Å². The number of carbonyl (C=O) groups is 1. The first-order valence-corrected chi connectivity index (χ1v) is 9.52. The second kappa shape index (κ2) is 7.40. The maximum absolute atomic E-state index is 14.6. The number of anilines is 2. The molecule has 1 aromatic heterocycles. The number of fused-ring (bicyclic) bond motifs is 1. The fourth-order valence-corrected chi connectivity index (χ4v) is 3.97. The molecule has 2 aliphatic rings. The van der Waals surface area contributed by atoms with E-state index < -0.39 is 5.82 Å². The summed E-state index contributed by atoms with van der Waals surface area (Å²) in [4.78, 5) is 25.0. The lowest BCUT2D eigenvalue weighted by atomic mass is 10.1. The standard InChI is InChI=1S/C19H21ClFN5O/c1-12-5-4-7-15(21)16(12)25-11-13-9-23-18(20)24-17(13)26(19(25)27)14-6-2-3-8-22-10-14/h4-5,7,9,14,22H,2-3,6,8,10-11H2,1H3/t14-/m0/s1. The molecule has 8 heteroatoms. The van der Waals surface area contributed by atoms with Gasteiger partial charge in [0.1, 0.15) is 11.6 Å². The van der Waals surface area contributed by atoms with Gasteiger partial charge in [0.05, 0.1) is 18.3 Å². The van der Waals surface area contributed by atoms with Crippen LogP contribution in [-0.4, -0.2) is 35.1 Å². The van der Waals surface area contributed by atoms with E-state index in [4.69, 9.17) is 11.6 Å². The number of rotatable bonds is 2. The molecule has 1 atom stereocenters. The minimum atomic E-state index is -0.416. The molecular weight excluding hydrogens is 369 g/mol. The second-order valence-electron chi connectivity index (χ2n) is 6.99. The normalized spacial score (nSPS) is 20.4. The third-order valence-electron chi connectivity index (χ3n) is 5.15. The van der Waals surface area contributed by atoms with Gasteiger partial charge in [-0.2, -0.15) is 4.98 Å². The Kier molecular flexibility index (Phi) is 4.97. The number of aryl methyl sites for hydroxylation is 1. The van der Waals surface area contributed by atoms with Crippen LogP contribution in [0.3, 0.4) is 0 Å². The molecule has 4 rings (SSSR count). The molecule has 1 saturated heterocycles. The Bertz CT molecular complexity index is 849. The molecule has 1 N–H and O–H groups in total. The fourth-order valence-electron chi connectivity index (χ4n) is 3.85. The minimum absolute atomic E-state index is 0.0698. The number of urea groups is 1. The lowest BCUT2D eigenvalue weighted by Gasteiger charge is -2.40. The molecule has 2 amide bonds. The van der Waals surface area contributed by atoms with E-state index in [1.54, 1.807) is 30.2 Å². The molecule has 142 valence electrons. The Balaban J connectivity index is 1.81. The quantitative estimate of drug-likeness (QED) is 0.796. The van der Waals surface area contributed by atoms with Crippen LogP contribution in [0.4, 0.5) is 20.7 Å². The van der Waals surface area contributed by atoms with Gasteiger partial charge >= 0.3 is 6.03 Å². The minimum Gasteiger partial charge on any atom is -0.315 e. The van der Waals surface area contributed by atoms with E-state index in [0.717, 1.165) is 31.4 Å². The number of nitrogens with zero attached hydrogens (tertiary/aromatic N) is 4. The average molecular weight is 390 g/mol. The Morgan fingerprint density at radius 2 is 2.19 bits per heavy atom. The smallest absolute Gasteiger partial charge is 0.315 e. The predicted octanol–water partition coefficient (Wildman–Crippen LogP) is 3.67. The number of benzene rings is 1. The largest absolute Gasteiger partial charge is 0.330 e. The summed E-state index contributed by atoms with van der Waals surface area (Å²) >= 11 is 6.02. The Hall–Kier alpha value is -2.25. The Labute approximate surface area is 162 Å². The number of nitrogens with one attached hydrogen (secondary N) is 1.